The number of amidine groups is 1. The quantitative estimate of drug-likeness (QED) is 0.181. The van der Waals surface area contributed by atoms with Crippen molar-refractivity contribution < 1.29 is 19.1 Å². The van der Waals surface area contributed by atoms with E-state index in [2.05, 4.69) is 5.32 Å². The number of nitrogens with two attached hydrogens (primary N) is 1. The second kappa shape index (κ2) is 12.9. The van der Waals surface area contributed by atoms with Gasteiger partial charge in [0.15, 0.2) is 0 Å². The number of aromatic nitrogens is 2. The highest BCUT2D eigenvalue weighted by Crippen LogP contribution is 2.51. The lowest BCUT2D eigenvalue weighted by Gasteiger charge is -2.28. The van der Waals surface area contributed by atoms with Crippen LogP contribution >= 0.6 is 12.4 Å². The van der Waals surface area contributed by atoms with Crippen molar-refractivity contribution in [3.05, 3.63) is 75.2 Å². The number of nitrogen functional groups attached to an aromatic ring is 1. The third-order valence-corrected chi connectivity index (χ3v) is 8.24. The summed E-state index contributed by atoms with van der Waals surface area (Å²) in [4.78, 5) is 58.0. The molecular formula is C31H37ClN6O5. The molecule has 1 aliphatic carbocycles. The Morgan fingerprint density at radius 3 is 2.53 bits per heavy atom. The number of halogens is 1. The number of benzene rings is 2. The van der Waals surface area contributed by atoms with E-state index in [0.717, 1.165) is 17.5 Å². The van der Waals surface area contributed by atoms with Gasteiger partial charge in [-0.1, -0.05) is 30.3 Å². The second-order valence-electron chi connectivity index (χ2n) is 11.0. The number of rotatable bonds is 10. The summed E-state index contributed by atoms with van der Waals surface area (Å²) in [6, 6.07) is 12.2. The first-order valence-corrected chi connectivity index (χ1v) is 14.3. The van der Waals surface area contributed by atoms with E-state index < -0.39 is 11.5 Å². The van der Waals surface area contributed by atoms with Crippen LogP contribution in [0.15, 0.2) is 47.3 Å². The molecule has 2 aliphatic rings. The van der Waals surface area contributed by atoms with Gasteiger partial charge in [-0.15, -0.1) is 12.4 Å². The van der Waals surface area contributed by atoms with Crippen LogP contribution < -0.4 is 16.6 Å². The van der Waals surface area contributed by atoms with E-state index in [1.165, 1.54) is 0 Å². The van der Waals surface area contributed by atoms with Crippen LogP contribution in [-0.4, -0.2) is 63.8 Å². The molecule has 4 N–H and O–H groups in total. The summed E-state index contributed by atoms with van der Waals surface area (Å²) >= 11 is 0. The molecule has 2 heterocycles. The number of amides is 2. The van der Waals surface area contributed by atoms with E-state index in [-0.39, 0.29) is 61.2 Å². The fourth-order valence-corrected chi connectivity index (χ4v) is 5.75. The normalized spacial score (nSPS) is 16.8. The Labute approximate surface area is 255 Å². The topological polar surface area (TPSA) is 160 Å². The number of ether oxygens (including phenoxy) is 1. The Balaban J connectivity index is 0.00000423. The summed E-state index contributed by atoms with van der Waals surface area (Å²) in [5, 5.41) is 10.4. The van der Waals surface area contributed by atoms with Crippen molar-refractivity contribution in [1.29, 1.82) is 5.41 Å². The molecule has 1 saturated carbocycles. The lowest BCUT2D eigenvalue weighted by atomic mass is 9.93. The molecule has 0 bridgehead atoms. The molecule has 1 aromatic heterocycles. The Morgan fingerprint density at radius 2 is 1.88 bits per heavy atom. The van der Waals surface area contributed by atoms with Gasteiger partial charge in [-0.05, 0) is 55.9 Å². The third-order valence-electron chi connectivity index (χ3n) is 8.24. The Kier molecular flexibility index (Phi) is 9.54. The van der Waals surface area contributed by atoms with E-state index in [4.69, 9.17) is 20.9 Å². The number of carbonyl (C=O) groups is 3. The summed E-state index contributed by atoms with van der Waals surface area (Å²) in [5.74, 6) is -0.713. The Bertz CT molecular complexity index is 1620. The standard InChI is InChI=1S/C31H36N6O5.ClH/c1-3-42-26(38)12-15-34-28(39)25-5-4-16-37(25)30(41)31(13-14-31)21-10-11-24-22(18-21)35-23(29(40)36(24)2)17-19-6-8-20(9-7-19)27(32)33;/h6-11,18,25H,3-5,12-17H2,1-2H3,(H3,32,33)(H,34,39);1H. The first kappa shape index (κ1) is 31.7. The van der Waals surface area contributed by atoms with Gasteiger partial charge in [-0.3, -0.25) is 24.6 Å². The van der Waals surface area contributed by atoms with Crippen LogP contribution in [-0.2, 0) is 38.0 Å². The molecule has 12 heteroatoms. The molecule has 43 heavy (non-hydrogen) atoms. The zero-order chi connectivity index (χ0) is 30.0. The van der Waals surface area contributed by atoms with Gasteiger partial charge in [-0.2, -0.15) is 0 Å². The predicted molar refractivity (Wildman–Crippen MR) is 164 cm³/mol. The molecule has 2 amide bonds. The minimum Gasteiger partial charge on any atom is -0.466 e. The van der Waals surface area contributed by atoms with Crippen LogP contribution in [0.5, 0.6) is 0 Å². The van der Waals surface area contributed by atoms with Gasteiger partial charge >= 0.3 is 5.97 Å². The van der Waals surface area contributed by atoms with Gasteiger partial charge in [0.1, 0.15) is 17.6 Å². The van der Waals surface area contributed by atoms with Crippen molar-refractivity contribution in [1.82, 2.24) is 19.8 Å². The number of nitrogens with zero attached hydrogens (tertiary/aromatic N) is 3. The number of hydrogen-bond donors (Lipinski definition) is 3. The highest BCUT2D eigenvalue weighted by molar-refractivity contribution is 5.96. The maximum absolute atomic E-state index is 13.9. The average Bonchev–Trinajstić information content (AvgIpc) is 3.64. The Morgan fingerprint density at radius 1 is 1.16 bits per heavy atom. The molecule has 1 aliphatic heterocycles. The number of hydrogen-bond acceptors (Lipinski definition) is 7. The van der Waals surface area contributed by atoms with Crippen molar-refractivity contribution in [3.8, 4) is 0 Å². The highest BCUT2D eigenvalue weighted by Gasteiger charge is 2.55. The van der Waals surface area contributed by atoms with E-state index in [9.17, 15) is 19.2 Å². The molecule has 1 atom stereocenters. The fraction of sp³-hybridized carbons (Fsp3) is 0.419. The van der Waals surface area contributed by atoms with Gasteiger partial charge in [0.25, 0.3) is 5.56 Å². The minimum atomic E-state index is -0.721. The first-order chi connectivity index (χ1) is 20.1. The summed E-state index contributed by atoms with van der Waals surface area (Å²) in [6.07, 6.45) is 3.05. The largest absolute Gasteiger partial charge is 0.466 e. The zero-order valence-electron chi connectivity index (χ0n) is 24.4. The zero-order valence-corrected chi connectivity index (χ0v) is 25.2. The second-order valence-corrected chi connectivity index (χ2v) is 11.0. The molecule has 2 fully saturated rings. The van der Waals surface area contributed by atoms with Gasteiger partial charge < -0.3 is 25.3 Å². The van der Waals surface area contributed by atoms with Crippen LogP contribution in [0.2, 0.25) is 0 Å². The highest BCUT2D eigenvalue weighted by atomic mass is 35.5. The molecule has 11 nitrogen and oxygen atoms in total. The summed E-state index contributed by atoms with van der Waals surface area (Å²) in [5.41, 5.74) is 8.62. The van der Waals surface area contributed by atoms with E-state index >= 15 is 0 Å². The summed E-state index contributed by atoms with van der Waals surface area (Å²) in [6.45, 7) is 2.69. The Hall–Kier alpha value is -4.25. The van der Waals surface area contributed by atoms with Gasteiger partial charge in [-0.25, -0.2) is 4.98 Å². The van der Waals surface area contributed by atoms with Crippen molar-refractivity contribution in [3.63, 3.8) is 0 Å². The van der Waals surface area contributed by atoms with E-state index in [0.29, 0.717) is 54.5 Å². The van der Waals surface area contributed by atoms with Crippen LogP contribution in [0.25, 0.3) is 11.0 Å². The molecule has 1 saturated heterocycles. The van der Waals surface area contributed by atoms with Crippen LogP contribution in [0.4, 0.5) is 0 Å². The van der Waals surface area contributed by atoms with Gasteiger partial charge in [0.05, 0.1) is 29.5 Å². The molecule has 228 valence electrons. The van der Waals surface area contributed by atoms with Gasteiger partial charge in [0.2, 0.25) is 11.8 Å². The third kappa shape index (κ3) is 6.41. The van der Waals surface area contributed by atoms with Crippen molar-refractivity contribution in [2.45, 2.75) is 56.9 Å². The molecule has 3 aromatic rings. The maximum Gasteiger partial charge on any atom is 0.307 e. The average molecular weight is 609 g/mol. The number of carbonyl (C=O) groups excluding carboxylic acids is 3. The van der Waals surface area contributed by atoms with Crippen molar-refractivity contribution in [2.75, 3.05) is 19.7 Å². The molecule has 5 rings (SSSR count). The molecule has 0 spiro atoms. The first-order valence-electron chi connectivity index (χ1n) is 14.3. The van der Waals surface area contributed by atoms with Crippen LogP contribution in [0, 0.1) is 5.41 Å². The van der Waals surface area contributed by atoms with Crippen LogP contribution in [0.3, 0.4) is 0 Å². The smallest absolute Gasteiger partial charge is 0.307 e. The number of likely N-dealkylation sites (tertiary alicyclic amines) is 1. The molecule has 1 unspecified atom stereocenters. The van der Waals surface area contributed by atoms with Crippen LogP contribution in [0.1, 0.15) is 61.4 Å². The summed E-state index contributed by atoms with van der Waals surface area (Å²) in [7, 11) is 1.71. The predicted octanol–water partition coefficient (Wildman–Crippen LogP) is 2.32. The fourth-order valence-electron chi connectivity index (χ4n) is 5.75. The SMILES string of the molecule is CCOC(=O)CCNC(=O)C1CCCN1C(=O)C1(c2ccc3c(c2)nc(Cc2ccc(C(=N)N)cc2)c(=O)n3C)CC1.Cl. The number of aryl methyl sites for hydroxylation is 1. The summed E-state index contributed by atoms with van der Waals surface area (Å²) < 4.78 is 6.49. The number of fused-ring (bicyclic) bond motifs is 1. The lowest BCUT2D eigenvalue weighted by molar-refractivity contribution is -0.143. The number of esters is 1. The monoisotopic (exact) mass is 608 g/mol. The minimum absolute atomic E-state index is 0. The van der Waals surface area contributed by atoms with Crippen molar-refractivity contribution in [2.24, 2.45) is 12.8 Å². The van der Waals surface area contributed by atoms with Crippen molar-refractivity contribution >= 4 is 47.1 Å². The molecule has 2 aromatic carbocycles. The maximum atomic E-state index is 13.9. The van der Waals surface area contributed by atoms with Gasteiger partial charge in [0, 0.05) is 32.1 Å². The number of nitrogens with one attached hydrogen (secondary N) is 2. The molecule has 0 radical (unpaired) electrons. The van der Waals surface area contributed by atoms with E-state index in [1.54, 1.807) is 35.6 Å². The lowest BCUT2D eigenvalue weighted by Crippen LogP contribution is -2.49. The van der Waals surface area contributed by atoms with E-state index in [1.807, 2.05) is 30.3 Å². The molecular weight excluding hydrogens is 572 g/mol.